The van der Waals surface area contributed by atoms with Gasteiger partial charge in [-0.15, -0.1) is 0 Å². The van der Waals surface area contributed by atoms with Gasteiger partial charge in [-0.25, -0.2) is 0 Å². The van der Waals surface area contributed by atoms with Crippen LogP contribution in [0.2, 0.25) is 5.02 Å². The maximum atomic E-state index is 14.3. The van der Waals surface area contributed by atoms with Crippen LogP contribution < -0.4 is 5.32 Å². The van der Waals surface area contributed by atoms with Crippen LogP contribution in [-0.4, -0.2) is 53.7 Å². The fourth-order valence-electron chi connectivity index (χ4n) is 5.72. The number of halogens is 2. The van der Waals surface area contributed by atoms with E-state index in [1.807, 2.05) is 48.2 Å². The summed E-state index contributed by atoms with van der Waals surface area (Å²) in [6, 6.07) is 15.5. The van der Waals surface area contributed by atoms with Crippen LogP contribution in [0.15, 0.2) is 48.5 Å². The first-order valence-corrected chi connectivity index (χ1v) is 13.6. The highest BCUT2D eigenvalue weighted by molar-refractivity contribution is 14.1. The first kappa shape index (κ1) is 26.4. The third-order valence-corrected chi connectivity index (χ3v) is 8.22. The highest BCUT2D eigenvalue weighted by Crippen LogP contribution is 2.52. The molecule has 8 heteroatoms. The molecule has 0 saturated carbocycles. The van der Waals surface area contributed by atoms with Gasteiger partial charge in [-0.05, 0) is 70.8 Å². The largest absolute Gasteiger partial charge is 0.481 e. The zero-order valence-electron chi connectivity index (χ0n) is 20.0. The predicted molar refractivity (Wildman–Crippen MR) is 145 cm³/mol. The molecule has 0 spiro atoms. The lowest BCUT2D eigenvalue weighted by Crippen LogP contribution is -2.61. The summed E-state index contributed by atoms with van der Waals surface area (Å²) in [7, 11) is 0. The molecule has 2 aliphatic heterocycles. The maximum absolute atomic E-state index is 14.3. The number of rotatable bonds is 7. The van der Waals surface area contributed by atoms with E-state index in [-0.39, 0.29) is 36.4 Å². The van der Waals surface area contributed by atoms with E-state index < -0.39 is 11.4 Å². The van der Waals surface area contributed by atoms with Crippen LogP contribution in [0.5, 0.6) is 0 Å². The summed E-state index contributed by atoms with van der Waals surface area (Å²) in [4.78, 5) is 28.2. The molecule has 6 nitrogen and oxygen atoms in total. The Morgan fingerprint density at radius 3 is 2.63 bits per heavy atom. The highest BCUT2D eigenvalue weighted by Gasteiger charge is 2.53. The number of carbonyl (C=O) groups excluding carboxylic acids is 1. The highest BCUT2D eigenvalue weighted by atomic mass is 127. The van der Waals surface area contributed by atoms with Gasteiger partial charge < -0.3 is 20.1 Å². The number of nitrogens with one attached hydrogen (secondary N) is 1. The van der Waals surface area contributed by atoms with Crippen molar-refractivity contribution < 1.29 is 19.4 Å². The number of aliphatic carboxylic acids is 1. The quantitative estimate of drug-likeness (QED) is 0.419. The number of likely N-dealkylation sites (tertiary alicyclic amines) is 1. The number of hydrogen-bond acceptors (Lipinski definition) is 4. The van der Waals surface area contributed by atoms with Crippen LogP contribution in [0.25, 0.3) is 0 Å². The van der Waals surface area contributed by atoms with Crippen molar-refractivity contribution in [1.82, 2.24) is 10.2 Å². The van der Waals surface area contributed by atoms with E-state index in [2.05, 4.69) is 47.0 Å². The van der Waals surface area contributed by atoms with Gasteiger partial charge >= 0.3 is 5.97 Å². The molecule has 5 atom stereocenters. The Morgan fingerprint density at radius 1 is 1.29 bits per heavy atom. The first-order valence-electron chi connectivity index (χ1n) is 12.1. The number of carboxylic acids is 1. The van der Waals surface area contributed by atoms with Crippen molar-refractivity contribution in [2.75, 3.05) is 19.7 Å². The molecule has 2 aliphatic rings. The molecule has 188 valence electrons. The number of hydrogen-bond donors (Lipinski definition) is 2. The smallest absolute Gasteiger partial charge is 0.304 e. The Labute approximate surface area is 225 Å². The summed E-state index contributed by atoms with van der Waals surface area (Å²) in [5.74, 6) is -1.17. The Bertz CT molecular complexity index is 1060. The first-order chi connectivity index (χ1) is 16.7. The van der Waals surface area contributed by atoms with Crippen molar-refractivity contribution in [3.63, 3.8) is 0 Å². The van der Waals surface area contributed by atoms with Gasteiger partial charge in [-0.2, -0.15) is 0 Å². The van der Waals surface area contributed by atoms with E-state index in [0.29, 0.717) is 31.0 Å². The van der Waals surface area contributed by atoms with E-state index in [9.17, 15) is 14.7 Å². The van der Waals surface area contributed by atoms with Gasteiger partial charge in [-0.1, -0.05) is 49.7 Å². The Hall–Kier alpha value is -1.68. The van der Waals surface area contributed by atoms with Gasteiger partial charge in [0, 0.05) is 27.6 Å². The molecule has 2 aromatic carbocycles. The van der Waals surface area contributed by atoms with Gasteiger partial charge in [0.05, 0.1) is 36.6 Å². The van der Waals surface area contributed by atoms with Gasteiger partial charge in [0.15, 0.2) is 0 Å². The third-order valence-electron chi connectivity index (χ3n) is 7.29. The van der Waals surface area contributed by atoms with Gasteiger partial charge in [0.1, 0.15) is 0 Å². The minimum absolute atomic E-state index is 0.0847. The van der Waals surface area contributed by atoms with Gasteiger partial charge in [0.25, 0.3) is 0 Å². The maximum Gasteiger partial charge on any atom is 0.304 e. The number of carbonyl (C=O) groups is 2. The summed E-state index contributed by atoms with van der Waals surface area (Å²) in [5.41, 5.74) is 1.06. The lowest BCUT2D eigenvalue weighted by molar-refractivity contribution is -0.165. The van der Waals surface area contributed by atoms with Crippen LogP contribution in [0, 0.1) is 8.99 Å². The van der Waals surface area contributed by atoms with E-state index >= 15 is 0 Å². The second-order valence-electron chi connectivity index (χ2n) is 9.79. The standard InChI is InChI=1S/C27H32ClIN2O4/c1-3-22(23-16-30-11-12-35-23)31-25(17-7-9-19(28)10-8-17)21(18-5-4-6-20(29)13-18)14-27(2,26(31)34)15-24(32)33/h4-10,13,21-23,25,30H,3,11-12,14-16H2,1-2H3,(H,32,33)/t21-,22+,23+,25-,27-/m1/s1. The van der Waals surface area contributed by atoms with Crippen LogP contribution in [0.4, 0.5) is 0 Å². The zero-order valence-corrected chi connectivity index (χ0v) is 23.0. The fraction of sp³-hybridized carbons (Fsp3) is 0.481. The number of carboxylic acid groups (broad SMARTS) is 1. The molecule has 0 unspecified atom stereocenters. The van der Waals surface area contributed by atoms with Crippen LogP contribution in [0.3, 0.4) is 0 Å². The van der Waals surface area contributed by atoms with Gasteiger partial charge in [-0.3, -0.25) is 9.59 Å². The number of piperidine rings is 1. The Kier molecular flexibility index (Phi) is 8.41. The minimum Gasteiger partial charge on any atom is -0.481 e. The fourth-order valence-corrected chi connectivity index (χ4v) is 6.41. The van der Waals surface area contributed by atoms with Crippen molar-refractivity contribution >= 4 is 46.1 Å². The van der Waals surface area contributed by atoms with E-state index in [1.54, 1.807) is 0 Å². The van der Waals surface area contributed by atoms with Crippen molar-refractivity contribution in [3.05, 3.63) is 68.3 Å². The topological polar surface area (TPSA) is 78.9 Å². The third kappa shape index (κ3) is 5.68. The van der Waals surface area contributed by atoms with Crippen LogP contribution in [-0.2, 0) is 14.3 Å². The van der Waals surface area contributed by atoms with E-state index in [0.717, 1.165) is 21.2 Å². The minimum atomic E-state index is -1.03. The summed E-state index contributed by atoms with van der Waals surface area (Å²) >= 11 is 8.53. The molecule has 0 bridgehead atoms. The normalized spacial score (nSPS) is 28.1. The van der Waals surface area contributed by atoms with E-state index in [1.165, 1.54) is 0 Å². The predicted octanol–water partition coefficient (Wildman–Crippen LogP) is 5.25. The summed E-state index contributed by atoms with van der Waals surface area (Å²) in [6.07, 6.45) is 0.763. The molecule has 2 aromatic rings. The Balaban J connectivity index is 1.89. The molecule has 35 heavy (non-hydrogen) atoms. The SMILES string of the molecule is CC[C@@H]([C@@H]1CNCCO1)N1C(=O)[C@@](C)(CC(=O)O)C[C@H](c2cccc(I)c2)[C@H]1c1ccc(Cl)cc1. The summed E-state index contributed by atoms with van der Waals surface area (Å²) < 4.78 is 7.25. The molecule has 1 amide bonds. The molecule has 0 aromatic heterocycles. The number of nitrogens with zero attached hydrogens (tertiary/aromatic N) is 1. The molecular weight excluding hydrogens is 579 g/mol. The zero-order chi connectivity index (χ0) is 25.2. The average molecular weight is 611 g/mol. The molecule has 0 radical (unpaired) electrons. The molecule has 4 rings (SSSR count). The number of amides is 1. The van der Waals surface area contributed by atoms with Crippen molar-refractivity contribution in [1.29, 1.82) is 0 Å². The second kappa shape index (κ2) is 11.2. The lowest BCUT2D eigenvalue weighted by Gasteiger charge is -2.53. The van der Waals surface area contributed by atoms with Crippen molar-refractivity contribution in [2.24, 2.45) is 5.41 Å². The molecule has 2 saturated heterocycles. The number of morpholine rings is 1. The van der Waals surface area contributed by atoms with E-state index in [4.69, 9.17) is 16.3 Å². The summed E-state index contributed by atoms with van der Waals surface area (Å²) in [6.45, 7) is 5.89. The number of ether oxygens (including phenoxy) is 1. The van der Waals surface area contributed by atoms with Crippen LogP contribution >= 0.6 is 34.2 Å². The van der Waals surface area contributed by atoms with Crippen LogP contribution in [0.1, 0.15) is 56.2 Å². The summed E-state index contributed by atoms with van der Waals surface area (Å²) in [5, 5.41) is 13.8. The monoisotopic (exact) mass is 610 g/mol. The molecule has 2 N–H and O–H groups in total. The molecule has 2 fully saturated rings. The van der Waals surface area contributed by atoms with Gasteiger partial charge in [0.2, 0.25) is 5.91 Å². The number of benzene rings is 2. The molecular formula is C27H32ClIN2O4. The second-order valence-corrected chi connectivity index (χ2v) is 11.5. The average Bonchev–Trinajstić information content (AvgIpc) is 2.83. The van der Waals surface area contributed by atoms with Crippen molar-refractivity contribution in [2.45, 2.75) is 57.2 Å². The molecule has 0 aliphatic carbocycles. The Morgan fingerprint density at radius 2 is 2.03 bits per heavy atom. The molecule has 2 heterocycles. The van der Waals surface area contributed by atoms with Crippen molar-refractivity contribution in [3.8, 4) is 0 Å². The lowest BCUT2D eigenvalue weighted by atomic mass is 9.66.